The van der Waals surface area contributed by atoms with Gasteiger partial charge in [0.1, 0.15) is 0 Å². The quantitative estimate of drug-likeness (QED) is 0.630. The van der Waals surface area contributed by atoms with E-state index < -0.39 is 0 Å². The topological polar surface area (TPSA) is 54.7 Å². The van der Waals surface area contributed by atoms with Crippen LogP contribution in [-0.4, -0.2) is 9.97 Å². The van der Waals surface area contributed by atoms with Gasteiger partial charge in [-0.25, -0.2) is 4.39 Å². The maximum Gasteiger partial charge on any atom is 0.151 e. The van der Waals surface area contributed by atoms with Gasteiger partial charge in [-0.15, -0.1) is 0 Å². The first-order valence-corrected chi connectivity index (χ1v) is 5.54. The van der Waals surface area contributed by atoms with Crippen molar-refractivity contribution >= 4 is 27.5 Å². The Hall–Kier alpha value is -2.10. The number of nitrogens with zero attached hydrogens (tertiary/aromatic N) is 1. The fraction of sp³-hybridized carbons (Fsp3) is 0.154. The van der Waals surface area contributed by atoms with Gasteiger partial charge >= 0.3 is 0 Å². The van der Waals surface area contributed by atoms with Crippen LogP contribution in [0.25, 0.3) is 21.8 Å². The van der Waals surface area contributed by atoms with Crippen molar-refractivity contribution in [2.45, 2.75) is 13.3 Å². The molecule has 0 aliphatic heterocycles. The lowest BCUT2D eigenvalue weighted by Crippen LogP contribution is -1.89. The SMILES string of the molecule is CCc1cc(N)c2[nH]c3cncc(F)c3c2c1. The van der Waals surface area contributed by atoms with E-state index in [0.29, 0.717) is 16.6 Å². The fourth-order valence-electron chi connectivity index (χ4n) is 2.21. The maximum atomic E-state index is 13.8. The molecular weight excluding hydrogens is 217 g/mol. The zero-order chi connectivity index (χ0) is 12.0. The van der Waals surface area contributed by atoms with Crippen LogP contribution in [0.1, 0.15) is 12.5 Å². The molecule has 2 aromatic heterocycles. The van der Waals surface area contributed by atoms with Crippen LogP contribution in [0.5, 0.6) is 0 Å². The number of nitrogens with one attached hydrogen (secondary N) is 1. The molecule has 3 rings (SSSR count). The van der Waals surface area contributed by atoms with E-state index >= 15 is 0 Å². The Kier molecular flexibility index (Phi) is 2.04. The Bertz CT molecular complexity index is 715. The van der Waals surface area contributed by atoms with Crippen LogP contribution in [-0.2, 0) is 6.42 Å². The Balaban J connectivity index is 2.54. The normalized spacial score (nSPS) is 11.4. The van der Waals surface area contributed by atoms with Crippen LogP contribution in [0, 0.1) is 5.82 Å². The van der Waals surface area contributed by atoms with Crippen molar-refractivity contribution in [3.05, 3.63) is 35.9 Å². The van der Waals surface area contributed by atoms with Gasteiger partial charge in [0.15, 0.2) is 5.82 Å². The summed E-state index contributed by atoms with van der Waals surface area (Å²) in [4.78, 5) is 6.94. The highest BCUT2D eigenvalue weighted by Gasteiger charge is 2.11. The van der Waals surface area contributed by atoms with Crippen LogP contribution in [0.2, 0.25) is 0 Å². The van der Waals surface area contributed by atoms with Gasteiger partial charge in [0.25, 0.3) is 0 Å². The van der Waals surface area contributed by atoms with E-state index in [1.54, 1.807) is 6.20 Å². The average molecular weight is 229 g/mol. The fourth-order valence-corrected chi connectivity index (χ4v) is 2.21. The lowest BCUT2D eigenvalue weighted by atomic mass is 10.1. The van der Waals surface area contributed by atoms with E-state index in [0.717, 1.165) is 22.9 Å². The number of rotatable bonds is 1. The second kappa shape index (κ2) is 3.45. The largest absolute Gasteiger partial charge is 0.397 e. The molecule has 0 aliphatic carbocycles. The van der Waals surface area contributed by atoms with Gasteiger partial charge in [-0.1, -0.05) is 6.92 Å². The van der Waals surface area contributed by atoms with Gasteiger partial charge in [0.2, 0.25) is 0 Å². The molecule has 3 N–H and O–H groups in total. The molecule has 1 aromatic carbocycles. The van der Waals surface area contributed by atoms with Crippen LogP contribution in [0.4, 0.5) is 10.1 Å². The molecule has 17 heavy (non-hydrogen) atoms. The summed E-state index contributed by atoms with van der Waals surface area (Å²) < 4.78 is 13.8. The Labute approximate surface area is 97.5 Å². The number of halogens is 1. The molecule has 4 heteroatoms. The Morgan fingerprint density at radius 3 is 2.94 bits per heavy atom. The summed E-state index contributed by atoms with van der Waals surface area (Å²) in [7, 11) is 0. The average Bonchev–Trinajstić information content (AvgIpc) is 2.69. The monoisotopic (exact) mass is 229 g/mol. The number of pyridine rings is 1. The second-order valence-electron chi connectivity index (χ2n) is 4.13. The highest BCUT2D eigenvalue weighted by molar-refractivity contribution is 6.11. The van der Waals surface area contributed by atoms with Crippen LogP contribution in [0.15, 0.2) is 24.5 Å². The van der Waals surface area contributed by atoms with Crippen molar-refractivity contribution in [1.29, 1.82) is 0 Å². The van der Waals surface area contributed by atoms with E-state index in [-0.39, 0.29) is 5.82 Å². The van der Waals surface area contributed by atoms with Gasteiger partial charge in [0.05, 0.1) is 29.1 Å². The number of fused-ring (bicyclic) bond motifs is 3. The molecule has 86 valence electrons. The van der Waals surface area contributed by atoms with Crippen LogP contribution < -0.4 is 5.73 Å². The first-order chi connectivity index (χ1) is 8.20. The number of hydrogen-bond acceptors (Lipinski definition) is 2. The molecule has 0 aliphatic rings. The summed E-state index contributed by atoms with van der Waals surface area (Å²) in [6.07, 6.45) is 3.72. The minimum absolute atomic E-state index is 0.318. The first kappa shape index (κ1) is 10.1. The highest BCUT2D eigenvalue weighted by atomic mass is 19.1. The van der Waals surface area contributed by atoms with E-state index in [2.05, 4.69) is 9.97 Å². The maximum absolute atomic E-state index is 13.8. The molecule has 0 saturated heterocycles. The smallest absolute Gasteiger partial charge is 0.151 e. The zero-order valence-electron chi connectivity index (χ0n) is 9.42. The number of benzene rings is 1. The van der Waals surface area contributed by atoms with Gasteiger partial charge in [-0.3, -0.25) is 4.98 Å². The molecule has 0 unspecified atom stereocenters. The third kappa shape index (κ3) is 1.37. The van der Waals surface area contributed by atoms with E-state index in [9.17, 15) is 4.39 Å². The number of aromatic amines is 1. The predicted molar refractivity (Wildman–Crippen MR) is 67.3 cm³/mol. The molecule has 0 saturated carbocycles. The van der Waals surface area contributed by atoms with Gasteiger partial charge in [0, 0.05) is 10.8 Å². The lowest BCUT2D eigenvalue weighted by molar-refractivity contribution is 0.635. The molecule has 2 heterocycles. The van der Waals surface area contributed by atoms with Crippen LogP contribution in [0.3, 0.4) is 0 Å². The number of nitrogens with two attached hydrogens (primary N) is 1. The molecule has 0 fully saturated rings. The number of aromatic nitrogens is 2. The second-order valence-corrected chi connectivity index (χ2v) is 4.13. The summed E-state index contributed by atoms with van der Waals surface area (Å²) in [6, 6.07) is 3.90. The van der Waals surface area contributed by atoms with E-state index in [1.807, 2.05) is 19.1 Å². The standard InChI is InChI=1S/C13H12FN3/c1-2-7-3-8-12-9(14)5-16-6-11(12)17-13(8)10(15)4-7/h3-6,17H,2,15H2,1H3. The summed E-state index contributed by atoms with van der Waals surface area (Å²) in [5, 5.41) is 1.40. The number of hydrogen-bond donors (Lipinski definition) is 2. The molecule has 3 aromatic rings. The highest BCUT2D eigenvalue weighted by Crippen LogP contribution is 2.31. The molecule has 0 radical (unpaired) electrons. The zero-order valence-corrected chi connectivity index (χ0v) is 9.42. The summed E-state index contributed by atoms with van der Waals surface area (Å²) in [5.41, 5.74) is 9.19. The van der Waals surface area contributed by atoms with Crippen molar-refractivity contribution < 1.29 is 4.39 Å². The van der Waals surface area contributed by atoms with Gasteiger partial charge < -0.3 is 10.7 Å². The molecule has 0 atom stereocenters. The third-order valence-corrected chi connectivity index (χ3v) is 3.07. The molecule has 0 amide bonds. The predicted octanol–water partition coefficient (Wildman–Crippen LogP) is 3.00. The summed E-state index contributed by atoms with van der Waals surface area (Å²) in [6.45, 7) is 2.05. The van der Waals surface area contributed by atoms with Gasteiger partial charge in [-0.2, -0.15) is 0 Å². The van der Waals surface area contributed by atoms with Crippen LogP contribution >= 0.6 is 0 Å². The molecule has 0 bridgehead atoms. The third-order valence-electron chi connectivity index (χ3n) is 3.07. The minimum atomic E-state index is -0.318. The van der Waals surface area contributed by atoms with Crippen molar-refractivity contribution in [2.24, 2.45) is 0 Å². The number of H-pyrrole nitrogens is 1. The molecular formula is C13H12FN3. The molecule has 0 spiro atoms. The Morgan fingerprint density at radius 2 is 2.18 bits per heavy atom. The first-order valence-electron chi connectivity index (χ1n) is 5.54. The van der Waals surface area contributed by atoms with E-state index in [1.165, 1.54) is 6.20 Å². The van der Waals surface area contributed by atoms with Crippen molar-refractivity contribution in [3.63, 3.8) is 0 Å². The number of anilines is 1. The Morgan fingerprint density at radius 1 is 1.35 bits per heavy atom. The molecule has 3 nitrogen and oxygen atoms in total. The van der Waals surface area contributed by atoms with Crippen molar-refractivity contribution in [3.8, 4) is 0 Å². The summed E-state index contributed by atoms with van der Waals surface area (Å²) in [5.74, 6) is -0.318. The number of aryl methyl sites for hydroxylation is 1. The summed E-state index contributed by atoms with van der Waals surface area (Å²) >= 11 is 0. The number of nitrogen functional groups attached to an aromatic ring is 1. The van der Waals surface area contributed by atoms with Crippen molar-refractivity contribution in [2.75, 3.05) is 5.73 Å². The van der Waals surface area contributed by atoms with E-state index in [4.69, 9.17) is 5.73 Å². The van der Waals surface area contributed by atoms with Crippen molar-refractivity contribution in [1.82, 2.24) is 9.97 Å². The lowest BCUT2D eigenvalue weighted by Gasteiger charge is -2.01. The van der Waals surface area contributed by atoms with Gasteiger partial charge in [-0.05, 0) is 24.1 Å². The minimum Gasteiger partial charge on any atom is -0.397 e.